The molecular weight excluding hydrogens is 424 g/mol. The Kier molecular flexibility index (Phi) is 8.02. The van der Waals surface area contributed by atoms with Crippen LogP contribution in [-0.2, 0) is 29.7 Å². The van der Waals surface area contributed by atoms with E-state index in [1.54, 1.807) is 0 Å². The Hall–Kier alpha value is -0.996. The average molecular weight is 467 g/mol. The molecule has 0 amide bonds. The predicted octanol–water partition coefficient (Wildman–Crippen LogP) is 5.91. The number of benzene rings is 1. The maximum atomic E-state index is 12.9. The molecule has 176 valence electrons. The van der Waals surface area contributed by atoms with Crippen LogP contribution in [0.4, 0.5) is 0 Å². The van der Waals surface area contributed by atoms with E-state index in [9.17, 15) is 4.79 Å². The van der Waals surface area contributed by atoms with Gasteiger partial charge in [-0.05, 0) is 41.8 Å². The van der Waals surface area contributed by atoms with E-state index in [1.807, 2.05) is 30.3 Å². The topological polar surface area (TPSA) is 54.0 Å². The predicted molar refractivity (Wildman–Crippen MR) is 130 cm³/mol. The van der Waals surface area contributed by atoms with Crippen molar-refractivity contribution in [2.75, 3.05) is 6.61 Å². The van der Waals surface area contributed by atoms with Crippen molar-refractivity contribution in [1.82, 2.24) is 0 Å². The summed E-state index contributed by atoms with van der Waals surface area (Å²) in [7, 11) is -4.35. The van der Waals surface area contributed by atoms with Crippen molar-refractivity contribution in [2.24, 2.45) is 0 Å². The minimum atomic E-state index is -2.19. The zero-order chi connectivity index (χ0) is 23.7. The first kappa shape index (κ1) is 26.3. The van der Waals surface area contributed by atoms with E-state index in [2.05, 4.69) is 67.7 Å². The van der Waals surface area contributed by atoms with Crippen LogP contribution in [0.3, 0.4) is 0 Å². The molecule has 1 aliphatic rings. The number of carbonyl (C=O) groups is 1. The number of ether oxygens (including phenoxy) is 2. The second-order valence-electron chi connectivity index (χ2n) is 11.6. The van der Waals surface area contributed by atoms with Crippen LogP contribution in [0.1, 0.15) is 47.1 Å². The van der Waals surface area contributed by atoms with Gasteiger partial charge in [0.05, 0.1) is 13.2 Å². The van der Waals surface area contributed by atoms with E-state index in [0.717, 1.165) is 5.56 Å². The molecule has 0 radical (unpaired) electrons. The summed E-state index contributed by atoms with van der Waals surface area (Å²) in [6, 6.07) is 10.00. The molecule has 5 nitrogen and oxygen atoms in total. The van der Waals surface area contributed by atoms with Crippen LogP contribution in [0, 0.1) is 0 Å². The second kappa shape index (κ2) is 9.47. The van der Waals surface area contributed by atoms with Gasteiger partial charge in [0.25, 0.3) is 0 Å². The number of hydrogen-bond donors (Lipinski definition) is 0. The molecule has 0 spiro atoms. The highest BCUT2D eigenvalue weighted by Crippen LogP contribution is 2.42. The van der Waals surface area contributed by atoms with Gasteiger partial charge in [0.15, 0.2) is 28.8 Å². The highest BCUT2D eigenvalue weighted by Gasteiger charge is 2.54. The third-order valence-corrected chi connectivity index (χ3v) is 16.0. The van der Waals surface area contributed by atoms with Gasteiger partial charge in [0, 0.05) is 0 Å². The van der Waals surface area contributed by atoms with Crippen LogP contribution in [0.15, 0.2) is 30.3 Å². The van der Waals surface area contributed by atoms with Crippen LogP contribution in [0.25, 0.3) is 0 Å². The lowest BCUT2D eigenvalue weighted by atomic mass is 10.1. The Bertz CT molecular complexity index is 735. The van der Waals surface area contributed by atoms with E-state index in [1.165, 1.54) is 0 Å². The molecule has 0 unspecified atom stereocenters. The van der Waals surface area contributed by atoms with Gasteiger partial charge in [0.1, 0.15) is 6.10 Å². The lowest BCUT2D eigenvalue weighted by Gasteiger charge is -2.42. The number of cyclic esters (lactones) is 1. The van der Waals surface area contributed by atoms with Gasteiger partial charge in [0.2, 0.25) is 0 Å². The van der Waals surface area contributed by atoms with E-state index < -0.39 is 34.9 Å². The molecule has 1 aliphatic heterocycles. The lowest BCUT2D eigenvalue weighted by molar-refractivity contribution is -0.148. The minimum Gasteiger partial charge on any atom is -0.455 e. The summed E-state index contributed by atoms with van der Waals surface area (Å²) in [5.41, 5.74) is 1.09. The Labute approximate surface area is 191 Å². The lowest BCUT2D eigenvalue weighted by Crippen LogP contribution is -2.54. The molecule has 0 aromatic heterocycles. The zero-order valence-electron chi connectivity index (χ0n) is 21.1. The van der Waals surface area contributed by atoms with E-state index >= 15 is 0 Å². The summed E-state index contributed by atoms with van der Waals surface area (Å²) in [5.74, 6) is -0.332. The van der Waals surface area contributed by atoms with Crippen molar-refractivity contribution in [3.8, 4) is 0 Å². The first-order valence-corrected chi connectivity index (χ1v) is 17.0. The largest absolute Gasteiger partial charge is 0.455 e. The van der Waals surface area contributed by atoms with E-state index in [4.69, 9.17) is 18.3 Å². The number of esters is 1. The number of carbonyl (C=O) groups excluding carboxylic acids is 1. The quantitative estimate of drug-likeness (QED) is 0.352. The summed E-state index contributed by atoms with van der Waals surface area (Å²) in [6.07, 6.45) is -1.64. The molecule has 1 heterocycles. The first-order valence-electron chi connectivity index (χ1n) is 11.2. The van der Waals surface area contributed by atoms with Gasteiger partial charge >= 0.3 is 5.97 Å². The van der Waals surface area contributed by atoms with Crippen molar-refractivity contribution in [1.29, 1.82) is 0 Å². The van der Waals surface area contributed by atoms with Crippen molar-refractivity contribution < 1.29 is 23.1 Å². The van der Waals surface area contributed by atoms with Crippen molar-refractivity contribution in [3.63, 3.8) is 0 Å². The first-order chi connectivity index (χ1) is 14.1. The molecule has 0 aliphatic carbocycles. The zero-order valence-corrected chi connectivity index (χ0v) is 23.1. The molecule has 3 atom stereocenters. The normalized spacial score (nSPS) is 23.2. The fourth-order valence-electron chi connectivity index (χ4n) is 2.87. The molecule has 0 bridgehead atoms. The van der Waals surface area contributed by atoms with E-state index in [-0.39, 0.29) is 22.7 Å². The summed E-state index contributed by atoms with van der Waals surface area (Å²) in [4.78, 5) is 12.9. The molecule has 31 heavy (non-hydrogen) atoms. The van der Waals surface area contributed by atoms with Gasteiger partial charge in [-0.2, -0.15) is 0 Å². The maximum absolute atomic E-state index is 12.9. The Morgan fingerprint density at radius 2 is 1.39 bits per heavy atom. The third-order valence-electron chi connectivity index (χ3n) is 7.02. The monoisotopic (exact) mass is 466 g/mol. The summed E-state index contributed by atoms with van der Waals surface area (Å²) in [6.45, 7) is 22.6. The van der Waals surface area contributed by atoms with Gasteiger partial charge < -0.3 is 18.3 Å². The fourth-order valence-corrected chi connectivity index (χ4v) is 5.40. The van der Waals surface area contributed by atoms with Crippen molar-refractivity contribution in [3.05, 3.63) is 35.9 Å². The summed E-state index contributed by atoms with van der Waals surface area (Å²) >= 11 is 0. The Balaban J connectivity index is 2.22. The summed E-state index contributed by atoms with van der Waals surface area (Å²) in [5, 5.41) is -0.00763. The van der Waals surface area contributed by atoms with Crippen LogP contribution in [-0.4, -0.2) is 47.5 Å². The molecule has 1 saturated heterocycles. The van der Waals surface area contributed by atoms with E-state index in [0.29, 0.717) is 6.61 Å². The molecule has 1 aromatic carbocycles. The van der Waals surface area contributed by atoms with Crippen LogP contribution < -0.4 is 0 Å². The van der Waals surface area contributed by atoms with Gasteiger partial charge in [-0.3, -0.25) is 0 Å². The fraction of sp³-hybridized carbons (Fsp3) is 0.708. The molecule has 0 saturated carbocycles. The molecule has 1 fully saturated rings. The minimum absolute atomic E-state index is 0.00953. The number of rotatable bonds is 8. The Morgan fingerprint density at radius 1 is 0.871 bits per heavy atom. The van der Waals surface area contributed by atoms with Crippen LogP contribution >= 0.6 is 0 Å². The smallest absolute Gasteiger partial charge is 0.337 e. The van der Waals surface area contributed by atoms with Crippen LogP contribution in [0.2, 0.25) is 36.3 Å². The van der Waals surface area contributed by atoms with Gasteiger partial charge in [-0.15, -0.1) is 0 Å². The molecular formula is C24H42O5Si2. The highest BCUT2D eigenvalue weighted by molar-refractivity contribution is 6.74. The highest BCUT2D eigenvalue weighted by atomic mass is 28.4. The molecule has 7 heteroatoms. The van der Waals surface area contributed by atoms with Gasteiger partial charge in [-0.1, -0.05) is 71.9 Å². The summed E-state index contributed by atoms with van der Waals surface area (Å²) < 4.78 is 25.0. The van der Waals surface area contributed by atoms with Crippen molar-refractivity contribution in [2.45, 2.75) is 103 Å². The second-order valence-corrected chi connectivity index (χ2v) is 21.1. The number of hydrogen-bond acceptors (Lipinski definition) is 5. The van der Waals surface area contributed by atoms with Crippen LogP contribution in [0.5, 0.6) is 0 Å². The average Bonchev–Trinajstić information content (AvgIpc) is 2.88. The van der Waals surface area contributed by atoms with Gasteiger partial charge in [-0.25, -0.2) is 4.79 Å². The third kappa shape index (κ3) is 6.51. The molecule has 2 rings (SSSR count). The Morgan fingerprint density at radius 3 is 1.90 bits per heavy atom. The molecule has 0 N–H and O–H groups in total. The maximum Gasteiger partial charge on any atom is 0.337 e. The SMILES string of the molecule is CC(C)(C)[Si](C)(C)O[C@H]1[C@H](COCc2ccccc2)OC(=O)[C@@H]1O[Si](C)(C)C(C)(C)C. The molecule has 1 aromatic rings. The van der Waals surface area contributed by atoms with Crippen molar-refractivity contribution >= 4 is 22.6 Å². The standard InChI is InChI=1S/C24H42O5Si2/c1-23(2,3)30(7,8)28-20-19(17-26-16-18-14-12-11-13-15-18)27-22(25)21(20)29-31(9,10)24(4,5)6/h11-15,19-21H,16-17H2,1-10H3/t19-,20-,21+/m0/s1.